The molecule has 0 saturated heterocycles. The van der Waals surface area contributed by atoms with Gasteiger partial charge in [-0.25, -0.2) is 10.2 Å². The first-order valence-electron chi connectivity index (χ1n) is 5.98. The maximum Gasteiger partial charge on any atom is 0.210 e. The van der Waals surface area contributed by atoms with Gasteiger partial charge in [0.25, 0.3) is 0 Å². The van der Waals surface area contributed by atoms with Crippen LogP contribution in [0.4, 0.5) is 10.1 Å². The van der Waals surface area contributed by atoms with Gasteiger partial charge in [-0.15, -0.1) is 0 Å². The van der Waals surface area contributed by atoms with Gasteiger partial charge in [-0.1, -0.05) is 11.6 Å². The summed E-state index contributed by atoms with van der Waals surface area (Å²) in [6.45, 7) is 3.84. The lowest BCUT2D eigenvalue weighted by Crippen LogP contribution is -2.36. The predicted molar refractivity (Wildman–Crippen MR) is 75.8 cm³/mol. The van der Waals surface area contributed by atoms with E-state index in [1.54, 1.807) is 0 Å². The molecule has 1 rings (SSSR count). The van der Waals surface area contributed by atoms with Crippen LogP contribution in [-0.2, 0) is 4.74 Å². The average molecular weight is 289 g/mol. The van der Waals surface area contributed by atoms with Crippen LogP contribution in [0.25, 0.3) is 0 Å². The normalized spacial score (nSPS) is 11.5. The third-order valence-corrected chi connectivity index (χ3v) is 2.55. The molecule has 0 aromatic heterocycles. The van der Waals surface area contributed by atoms with Gasteiger partial charge in [0.2, 0.25) is 5.96 Å². The van der Waals surface area contributed by atoms with Crippen LogP contribution in [0.15, 0.2) is 23.2 Å². The average Bonchev–Trinajstić information content (AvgIpc) is 2.39. The fraction of sp³-hybridized carbons (Fsp3) is 0.417. The molecule has 0 amide bonds. The third kappa shape index (κ3) is 5.87. The zero-order valence-electron chi connectivity index (χ0n) is 10.7. The summed E-state index contributed by atoms with van der Waals surface area (Å²) in [4.78, 5) is 4.21. The zero-order valence-corrected chi connectivity index (χ0v) is 11.5. The molecular weight excluding hydrogens is 271 g/mol. The molecule has 1 aromatic carbocycles. The molecule has 0 aliphatic carbocycles. The Kier molecular flexibility index (Phi) is 7.17. The number of nitrogens with two attached hydrogens (primary N) is 1. The lowest BCUT2D eigenvalue weighted by Gasteiger charge is -2.10. The fourth-order valence-electron chi connectivity index (χ4n) is 1.34. The third-order valence-electron chi connectivity index (χ3n) is 2.24. The first-order chi connectivity index (χ1) is 9.17. The Balaban J connectivity index is 2.53. The predicted octanol–water partition coefficient (Wildman–Crippen LogP) is 2.14. The topological polar surface area (TPSA) is 71.7 Å². The van der Waals surface area contributed by atoms with E-state index in [-0.39, 0.29) is 5.02 Å². The highest BCUT2D eigenvalue weighted by Gasteiger charge is 2.04. The summed E-state index contributed by atoms with van der Waals surface area (Å²) in [5.74, 6) is 5.32. The second kappa shape index (κ2) is 8.68. The van der Waals surface area contributed by atoms with Crippen molar-refractivity contribution in [1.29, 1.82) is 0 Å². The maximum absolute atomic E-state index is 12.9. The molecule has 5 nitrogen and oxygen atoms in total. The minimum Gasteiger partial charge on any atom is -0.382 e. The summed E-state index contributed by atoms with van der Waals surface area (Å²) < 4.78 is 18.1. The number of guanidine groups is 1. The monoisotopic (exact) mass is 288 g/mol. The number of hydrogen-bond acceptors (Lipinski definition) is 3. The number of ether oxygens (including phenoxy) is 1. The molecule has 0 fully saturated rings. The lowest BCUT2D eigenvalue weighted by molar-refractivity contribution is 0.146. The molecule has 0 radical (unpaired) electrons. The number of rotatable bonds is 6. The van der Waals surface area contributed by atoms with E-state index in [9.17, 15) is 4.39 Å². The van der Waals surface area contributed by atoms with Crippen LogP contribution in [0.3, 0.4) is 0 Å². The van der Waals surface area contributed by atoms with Crippen molar-refractivity contribution in [2.75, 3.05) is 25.1 Å². The van der Waals surface area contributed by atoms with Gasteiger partial charge in [-0.3, -0.25) is 10.4 Å². The highest BCUT2D eigenvalue weighted by molar-refractivity contribution is 6.33. The van der Waals surface area contributed by atoms with Gasteiger partial charge in [0, 0.05) is 19.8 Å². The number of halogens is 2. The Hall–Kier alpha value is -1.37. The molecule has 0 saturated carbocycles. The van der Waals surface area contributed by atoms with Gasteiger partial charge in [-0.2, -0.15) is 0 Å². The van der Waals surface area contributed by atoms with Crippen molar-refractivity contribution in [2.24, 2.45) is 10.8 Å². The van der Waals surface area contributed by atoms with E-state index < -0.39 is 5.82 Å². The smallest absolute Gasteiger partial charge is 0.210 e. The fourth-order valence-corrected chi connectivity index (χ4v) is 1.56. The number of anilines is 1. The number of nitrogens with one attached hydrogen (secondary N) is 2. The molecule has 1 aromatic rings. The van der Waals surface area contributed by atoms with Gasteiger partial charge in [0.15, 0.2) is 0 Å². The number of aliphatic imine (C=N–C) groups is 1. The lowest BCUT2D eigenvalue weighted by atomic mass is 10.3. The van der Waals surface area contributed by atoms with Crippen molar-refractivity contribution < 1.29 is 9.13 Å². The van der Waals surface area contributed by atoms with Crippen LogP contribution < -0.4 is 16.6 Å². The SMILES string of the molecule is CCOCCCN=C(NN)Nc1ccc(F)cc1Cl. The number of hydrazine groups is 1. The van der Waals surface area contributed by atoms with Gasteiger partial charge in [0.1, 0.15) is 5.82 Å². The molecule has 0 bridgehead atoms. The molecule has 0 unspecified atom stereocenters. The molecule has 19 heavy (non-hydrogen) atoms. The molecule has 0 atom stereocenters. The minimum absolute atomic E-state index is 0.261. The van der Waals surface area contributed by atoms with Crippen LogP contribution in [0, 0.1) is 5.82 Å². The van der Waals surface area contributed by atoms with Crippen molar-refractivity contribution in [3.8, 4) is 0 Å². The van der Waals surface area contributed by atoms with Crippen LogP contribution >= 0.6 is 11.6 Å². The van der Waals surface area contributed by atoms with E-state index >= 15 is 0 Å². The van der Waals surface area contributed by atoms with Gasteiger partial charge < -0.3 is 10.1 Å². The van der Waals surface area contributed by atoms with Crippen LogP contribution in [0.5, 0.6) is 0 Å². The van der Waals surface area contributed by atoms with E-state index in [4.69, 9.17) is 22.2 Å². The molecule has 0 spiro atoms. The Labute approximate surface area is 117 Å². The highest BCUT2D eigenvalue weighted by atomic mass is 35.5. The number of nitrogens with zero attached hydrogens (tertiary/aromatic N) is 1. The van der Waals surface area contributed by atoms with E-state index in [0.717, 1.165) is 6.42 Å². The summed E-state index contributed by atoms with van der Waals surface area (Å²) in [6, 6.07) is 4.04. The van der Waals surface area contributed by atoms with Crippen molar-refractivity contribution in [2.45, 2.75) is 13.3 Å². The summed E-state index contributed by atoms with van der Waals surface area (Å²) in [5, 5.41) is 3.15. The molecule has 7 heteroatoms. The summed E-state index contributed by atoms with van der Waals surface area (Å²) in [6.07, 6.45) is 0.790. The van der Waals surface area contributed by atoms with Crippen LogP contribution in [0.2, 0.25) is 5.02 Å². The van der Waals surface area contributed by atoms with E-state index in [1.807, 2.05) is 6.92 Å². The Bertz CT molecular complexity index is 428. The quantitative estimate of drug-likeness (QED) is 0.247. The first-order valence-corrected chi connectivity index (χ1v) is 6.36. The maximum atomic E-state index is 12.9. The summed E-state index contributed by atoms with van der Waals surface area (Å²) in [5.41, 5.74) is 2.96. The zero-order chi connectivity index (χ0) is 14.1. The highest BCUT2D eigenvalue weighted by Crippen LogP contribution is 2.22. The number of benzene rings is 1. The molecule has 0 aliphatic rings. The van der Waals surface area contributed by atoms with E-state index in [1.165, 1.54) is 18.2 Å². The van der Waals surface area contributed by atoms with Crippen molar-refractivity contribution in [3.05, 3.63) is 29.0 Å². The standard InChI is InChI=1S/C12H18ClFN4O/c1-2-19-7-3-6-16-12(18-15)17-11-5-4-9(14)8-10(11)13/h4-5,8H,2-3,6-7,15H2,1H3,(H2,16,17,18). The largest absolute Gasteiger partial charge is 0.382 e. The van der Waals surface area contributed by atoms with Gasteiger partial charge in [0.05, 0.1) is 10.7 Å². The molecule has 0 aliphatic heterocycles. The molecule has 4 N–H and O–H groups in total. The van der Waals surface area contributed by atoms with Crippen LogP contribution in [0.1, 0.15) is 13.3 Å². The van der Waals surface area contributed by atoms with Crippen molar-refractivity contribution in [1.82, 2.24) is 5.43 Å². The minimum atomic E-state index is -0.397. The van der Waals surface area contributed by atoms with Gasteiger partial charge in [-0.05, 0) is 31.5 Å². The Morgan fingerprint density at radius 3 is 2.95 bits per heavy atom. The second-order valence-electron chi connectivity index (χ2n) is 3.67. The van der Waals surface area contributed by atoms with Crippen molar-refractivity contribution in [3.63, 3.8) is 0 Å². The van der Waals surface area contributed by atoms with E-state index in [2.05, 4.69) is 15.7 Å². The van der Waals surface area contributed by atoms with Crippen molar-refractivity contribution >= 4 is 23.2 Å². The Morgan fingerprint density at radius 1 is 1.53 bits per heavy atom. The molecule has 0 heterocycles. The van der Waals surface area contributed by atoms with Crippen LogP contribution in [-0.4, -0.2) is 25.7 Å². The Morgan fingerprint density at radius 2 is 2.32 bits per heavy atom. The molecular formula is C12H18ClFN4O. The molecule has 106 valence electrons. The summed E-state index contributed by atoms with van der Waals surface area (Å²) in [7, 11) is 0. The first kappa shape index (κ1) is 15.7. The second-order valence-corrected chi connectivity index (χ2v) is 4.08. The van der Waals surface area contributed by atoms with E-state index in [0.29, 0.717) is 31.4 Å². The summed E-state index contributed by atoms with van der Waals surface area (Å²) >= 11 is 5.89. The number of hydrogen-bond donors (Lipinski definition) is 3. The van der Waals surface area contributed by atoms with Gasteiger partial charge >= 0.3 is 0 Å².